The van der Waals surface area contributed by atoms with E-state index in [1.807, 2.05) is 0 Å². The molecule has 1 saturated carbocycles. The van der Waals surface area contributed by atoms with Crippen LogP contribution in [0.15, 0.2) is 39.1 Å². The second-order valence-electron chi connectivity index (χ2n) is 9.79. The smallest absolute Gasteiger partial charge is 0.331 e. The second-order valence-corrected chi connectivity index (χ2v) is 9.79. The summed E-state index contributed by atoms with van der Waals surface area (Å²) in [7, 11) is 0. The van der Waals surface area contributed by atoms with Gasteiger partial charge in [-0.25, -0.2) is 9.80 Å². The zero-order chi connectivity index (χ0) is 23.6. The number of nitrogens with zero attached hydrogens (tertiary/aromatic N) is 4. The number of phenolic OH excluding ortho intramolecular Hbond substituents is 1. The molecule has 1 fully saturated rings. The SMILES string of the molecule is CC1=NN(C2CCC(C(C)(C)C)CC2)C(=O)C1N=Nc1ccc(/C=C(\C)C(=O)O)cc1O. The van der Waals surface area contributed by atoms with Crippen LogP contribution in [0.1, 0.15) is 65.9 Å². The van der Waals surface area contributed by atoms with Crippen molar-refractivity contribution in [2.75, 3.05) is 0 Å². The summed E-state index contributed by atoms with van der Waals surface area (Å²) in [4.78, 5) is 23.9. The predicted molar refractivity (Wildman–Crippen MR) is 123 cm³/mol. The zero-order valence-corrected chi connectivity index (χ0v) is 19.4. The molecular formula is C24H32N4O4. The van der Waals surface area contributed by atoms with Crippen molar-refractivity contribution in [1.29, 1.82) is 0 Å². The van der Waals surface area contributed by atoms with Gasteiger partial charge < -0.3 is 10.2 Å². The number of carbonyl (C=O) groups excluding carboxylic acids is 1. The molecule has 1 heterocycles. The summed E-state index contributed by atoms with van der Waals surface area (Å²) < 4.78 is 0. The lowest BCUT2D eigenvalue weighted by molar-refractivity contribution is -0.133. The molecule has 1 aliphatic carbocycles. The first kappa shape index (κ1) is 23.6. The van der Waals surface area contributed by atoms with E-state index in [2.05, 4.69) is 36.1 Å². The molecule has 0 saturated heterocycles. The highest BCUT2D eigenvalue weighted by Crippen LogP contribution is 2.40. The molecule has 1 amide bonds. The van der Waals surface area contributed by atoms with Crippen LogP contribution < -0.4 is 0 Å². The normalized spacial score (nSPS) is 24.8. The minimum Gasteiger partial charge on any atom is -0.506 e. The maximum Gasteiger partial charge on any atom is 0.331 e. The molecule has 0 bridgehead atoms. The second kappa shape index (κ2) is 9.22. The molecule has 1 aliphatic heterocycles. The van der Waals surface area contributed by atoms with E-state index in [9.17, 15) is 14.7 Å². The lowest BCUT2D eigenvalue weighted by Gasteiger charge is -2.38. The van der Waals surface area contributed by atoms with E-state index >= 15 is 0 Å². The molecule has 1 aromatic carbocycles. The zero-order valence-electron chi connectivity index (χ0n) is 19.4. The van der Waals surface area contributed by atoms with Gasteiger partial charge in [-0.05, 0) is 74.6 Å². The molecular weight excluding hydrogens is 408 g/mol. The molecule has 1 atom stereocenters. The number of hydrogen-bond donors (Lipinski definition) is 2. The van der Waals surface area contributed by atoms with Crippen molar-refractivity contribution in [3.63, 3.8) is 0 Å². The Morgan fingerprint density at radius 2 is 1.88 bits per heavy atom. The first-order valence-electron chi connectivity index (χ1n) is 11.0. The number of amides is 1. The maximum absolute atomic E-state index is 13.0. The van der Waals surface area contributed by atoms with Gasteiger partial charge in [0, 0.05) is 5.57 Å². The predicted octanol–water partition coefficient (Wildman–Crippen LogP) is 5.16. The van der Waals surface area contributed by atoms with E-state index < -0.39 is 12.0 Å². The number of carboxylic acids is 1. The van der Waals surface area contributed by atoms with E-state index in [0.717, 1.165) is 25.7 Å². The number of carboxylic acid groups (broad SMARTS) is 1. The number of rotatable bonds is 5. The minimum absolute atomic E-state index is 0.0909. The Labute approximate surface area is 188 Å². The average Bonchev–Trinajstić information content (AvgIpc) is 3.00. The average molecular weight is 441 g/mol. The quantitative estimate of drug-likeness (QED) is 0.486. The van der Waals surface area contributed by atoms with Gasteiger partial charge in [-0.3, -0.25) is 4.79 Å². The molecule has 0 radical (unpaired) electrons. The fourth-order valence-corrected chi connectivity index (χ4v) is 4.31. The Bertz CT molecular complexity index is 982. The van der Waals surface area contributed by atoms with E-state index in [1.165, 1.54) is 25.1 Å². The van der Waals surface area contributed by atoms with Gasteiger partial charge in [0.2, 0.25) is 0 Å². The molecule has 2 N–H and O–H groups in total. The molecule has 1 aromatic rings. The van der Waals surface area contributed by atoms with E-state index in [1.54, 1.807) is 18.0 Å². The van der Waals surface area contributed by atoms with Crippen molar-refractivity contribution in [3.8, 4) is 5.75 Å². The number of azo groups is 1. The summed E-state index contributed by atoms with van der Waals surface area (Å²) in [6, 6.07) is 3.89. The summed E-state index contributed by atoms with van der Waals surface area (Å²) in [6.07, 6.45) is 5.47. The van der Waals surface area contributed by atoms with Crippen LogP contribution in [0.4, 0.5) is 5.69 Å². The van der Waals surface area contributed by atoms with Gasteiger partial charge in [0.15, 0.2) is 6.04 Å². The van der Waals surface area contributed by atoms with Gasteiger partial charge in [0.05, 0.1) is 11.8 Å². The van der Waals surface area contributed by atoms with Crippen LogP contribution in [0.3, 0.4) is 0 Å². The van der Waals surface area contributed by atoms with Crippen LogP contribution in [0.5, 0.6) is 5.75 Å². The summed E-state index contributed by atoms with van der Waals surface area (Å²) in [5, 5.41) is 33.5. The van der Waals surface area contributed by atoms with Crippen molar-refractivity contribution >= 4 is 29.4 Å². The molecule has 0 spiro atoms. The first-order valence-corrected chi connectivity index (χ1v) is 11.0. The van der Waals surface area contributed by atoms with Crippen molar-refractivity contribution in [2.24, 2.45) is 26.7 Å². The Balaban J connectivity index is 1.67. The number of aliphatic carboxylic acids is 1. The maximum atomic E-state index is 13.0. The number of aromatic hydroxyl groups is 1. The molecule has 172 valence electrons. The van der Waals surface area contributed by atoms with Crippen molar-refractivity contribution in [1.82, 2.24) is 5.01 Å². The Hall–Kier alpha value is -3.03. The third-order valence-corrected chi connectivity index (χ3v) is 6.39. The van der Waals surface area contributed by atoms with Crippen molar-refractivity contribution in [3.05, 3.63) is 29.3 Å². The van der Waals surface area contributed by atoms with Crippen LogP contribution in [-0.4, -0.2) is 44.9 Å². The Morgan fingerprint density at radius 1 is 1.22 bits per heavy atom. The molecule has 3 rings (SSSR count). The summed E-state index contributed by atoms with van der Waals surface area (Å²) in [5.41, 5.74) is 1.76. The fraction of sp³-hybridized carbons (Fsp3) is 0.542. The van der Waals surface area contributed by atoms with Gasteiger partial charge in [-0.2, -0.15) is 15.3 Å². The molecule has 1 unspecified atom stereocenters. The topological polar surface area (TPSA) is 115 Å². The number of carbonyl (C=O) groups is 2. The molecule has 32 heavy (non-hydrogen) atoms. The van der Waals surface area contributed by atoms with Crippen molar-refractivity contribution < 1.29 is 19.8 Å². The lowest BCUT2D eigenvalue weighted by atomic mass is 9.71. The highest BCUT2D eigenvalue weighted by atomic mass is 16.4. The number of benzene rings is 1. The van der Waals surface area contributed by atoms with Crippen LogP contribution in [-0.2, 0) is 9.59 Å². The highest BCUT2D eigenvalue weighted by Gasteiger charge is 2.40. The summed E-state index contributed by atoms with van der Waals surface area (Å²) in [6.45, 7) is 10.0. The van der Waals surface area contributed by atoms with Gasteiger partial charge in [0.1, 0.15) is 11.4 Å². The highest BCUT2D eigenvalue weighted by molar-refractivity contribution is 6.10. The van der Waals surface area contributed by atoms with E-state index in [-0.39, 0.29) is 34.4 Å². The summed E-state index contributed by atoms with van der Waals surface area (Å²) >= 11 is 0. The van der Waals surface area contributed by atoms with Crippen LogP contribution in [0, 0.1) is 11.3 Å². The monoisotopic (exact) mass is 440 g/mol. The largest absolute Gasteiger partial charge is 0.506 e. The van der Waals surface area contributed by atoms with Gasteiger partial charge >= 0.3 is 5.97 Å². The van der Waals surface area contributed by atoms with Crippen LogP contribution in [0.25, 0.3) is 6.08 Å². The molecule has 8 heteroatoms. The fourth-order valence-electron chi connectivity index (χ4n) is 4.31. The third kappa shape index (κ3) is 5.23. The molecule has 8 nitrogen and oxygen atoms in total. The van der Waals surface area contributed by atoms with E-state index in [0.29, 0.717) is 17.2 Å². The third-order valence-electron chi connectivity index (χ3n) is 6.39. The van der Waals surface area contributed by atoms with Crippen LogP contribution >= 0.6 is 0 Å². The number of hydrogen-bond acceptors (Lipinski definition) is 6. The first-order chi connectivity index (χ1) is 15.0. The van der Waals surface area contributed by atoms with E-state index in [4.69, 9.17) is 5.11 Å². The number of hydrazone groups is 1. The minimum atomic E-state index is -1.03. The molecule has 0 aromatic heterocycles. The summed E-state index contributed by atoms with van der Waals surface area (Å²) in [5.74, 6) is -0.698. The Morgan fingerprint density at radius 3 is 2.44 bits per heavy atom. The number of phenols is 1. The van der Waals surface area contributed by atoms with Gasteiger partial charge in [-0.15, -0.1) is 0 Å². The van der Waals surface area contributed by atoms with Crippen molar-refractivity contribution in [2.45, 2.75) is 72.4 Å². The standard InChI is InChI=1S/C24H32N4O4/c1-14(23(31)32)12-16-6-11-19(20(29)13-16)25-26-21-15(2)27-28(22(21)30)18-9-7-17(8-10-18)24(3,4)5/h6,11-13,17-18,21,29H,7-10H2,1-5H3,(H,31,32)/b14-12+,26-25?. The van der Waals surface area contributed by atoms with Gasteiger partial charge in [0.25, 0.3) is 5.91 Å². The Kier molecular flexibility index (Phi) is 6.81. The lowest BCUT2D eigenvalue weighted by Crippen LogP contribution is -2.41. The molecule has 2 aliphatic rings. The van der Waals surface area contributed by atoms with Crippen LogP contribution in [0.2, 0.25) is 0 Å². The van der Waals surface area contributed by atoms with Gasteiger partial charge in [-0.1, -0.05) is 26.8 Å².